The summed E-state index contributed by atoms with van der Waals surface area (Å²) in [5, 5.41) is 10.0. The Hall–Kier alpha value is -1.07. The molecule has 116 valence electrons. The van der Waals surface area contributed by atoms with Crippen molar-refractivity contribution in [1.82, 2.24) is 4.90 Å². The van der Waals surface area contributed by atoms with Crippen LogP contribution in [-0.2, 0) is 4.79 Å². The summed E-state index contributed by atoms with van der Waals surface area (Å²) in [6.45, 7) is 3.59. The third-order valence-electron chi connectivity index (χ3n) is 3.81. The first-order valence-corrected chi connectivity index (χ1v) is 8.14. The molecule has 0 aliphatic carbocycles. The number of hydrogen-bond acceptors (Lipinski definition) is 3. The van der Waals surface area contributed by atoms with Crippen LogP contribution in [0.5, 0.6) is 5.75 Å². The van der Waals surface area contributed by atoms with Gasteiger partial charge in [-0.15, -0.1) is 0 Å². The van der Waals surface area contributed by atoms with Gasteiger partial charge in [-0.05, 0) is 50.5 Å². The van der Waals surface area contributed by atoms with Gasteiger partial charge in [0, 0.05) is 17.6 Å². The van der Waals surface area contributed by atoms with Crippen molar-refractivity contribution in [3.63, 3.8) is 0 Å². The van der Waals surface area contributed by atoms with Crippen LogP contribution in [0.3, 0.4) is 0 Å². The van der Waals surface area contributed by atoms with E-state index in [9.17, 15) is 9.90 Å². The molecular weight excluding hydrogens is 334 g/mol. The summed E-state index contributed by atoms with van der Waals surface area (Å²) in [5.74, 6) is 0.870. The number of halogens is 1. The molecule has 1 aromatic carbocycles. The van der Waals surface area contributed by atoms with E-state index < -0.39 is 5.60 Å². The van der Waals surface area contributed by atoms with Gasteiger partial charge in [0.05, 0.1) is 18.6 Å². The maximum Gasteiger partial charge on any atom is 0.225 e. The Bertz CT molecular complexity index is 473. The second-order valence-electron chi connectivity index (χ2n) is 5.78. The Balaban J connectivity index is 1.75. The van der Waals surface area contributed by atoms with E-state index in [1.54, 1.807) is 0 Å². The summed E-state index contributed by atoms with van der Waals surface area (Å²) in [6, 6.07) is 7.57. The largest absolute Gasteiger partial charge is 0.493 e. The summed E-state index contributed by atoms with van der Waals surface area (Å²) in [6.07, 6.45) is 2.63. The number of nitrogens with zero attached hydrogens (tertiary/aromatic N) is 1. The van der Waals surface area contributed by atoms with Crippen molar-refractivity contribution in [2.45, 2.75) is 38.2 Å². The maximum absolute atomic E-state index is 12.2. The zero-order valence-electron chi connectivity index (χ0n) is 12.3. The van der Waals surface area contributed by atoms with Crippen LogP contribution >= 0.6 is 15.9 Å². The first kappa shape index (κ1) is 16.3. The fraction of sp³-hybridized carbons (Fsp3) is 0.562. The highest BCUT2D eigenvalue weighted by molar-refractivity contribution is 9.10. The monoisotopic (exact) mass is 355 g/mol. The maximum atomic E-state index is 12.2. The van der Waals surface area contributed by atoms with Gasteiger partial charge in [-0.3, -0.25) is 4.79 Å². The Morgan fingerprint density at radius 3 is 2.76 bits per heavy atom. The lowest BCUT2D eigenvalue weighted by molar-refractivity contribution is -0.131. The lowest BCUT2D eigenvalue weighted by Gasteiger charge is -2.22. The van der Waals surface area contributed by atoms with Gasteiger partial charge in [0.25, 0.3) is 0 Å². The minimum Gasteiger partial charge on any atom is -0.493 e. The number of ether oxygens (including phenoxy) is 1. The lowest BCUT2D eigenvalue weighted by atomic mass is 9.98. The van der Waals surface area contributed by atoms with Crippen molar-refractivity contribution in [2.24, 2.45) is 0 Å². The minimum absolute atomic E-state index is 0.102. The molecule has 1 aromatic rings. The Morgan fingerprint density at radius 2 is 2.05 bits per heavy atom. The average molecular weight is 356 g/mol. The molecule has 0 spiro atoms. The molecule has 1 N–H and O–H groups in total. The van der Waals surface area contributed by atoms with Crippen LogP contribution in [-0.4, -0.2) is 41.2 Å². The quantitative estimate of drug-likeness (QED) is 0.902. The third-order valence-corrected chi connectivity index (χ3v) is 4.34. The first-order chi connectivity index (χ1) is 9.96. The van der Waals surface area contributed by atoms with Gasteiger partial charge in [-0.2, -0.15) is 0 Å². The lowest BCUT2D eigenvalue weighted by Crippen LogP contribution is -2.34. The molecule has 1 fully saturated rings. The zero-order valence-corrected chi connectivity index (χ0v) is 13.9. The summed E-state index contributed by atoms with van der Waals surface area (Å²) >= 11 is 3.37. The molecule has 1 saturated heterocycles. The summed E-state index contributed by atoms with van der Waals surface area (Å²) in [5.41, 5.74) is -0.636. The van der Waals surface area contributed by atoms with Crippen LogP contribution in [0, 0.1) is 0 Å². The molecule has 0 saturated carbocycles. The van der Waals surface area contributed by atoms with Crippen LogP contribution in [0.2, 0.25) is 0 Å². The van der Waals surface area contributed by atoms with E-state index in [1.807, 2.05) is 36.1 Å². The molecule has 1 heterocycles. The van der Waals surface area contributed by atoms with E-state index in [4.69, 9.17) is 4.74 Å². The van der Waals surface area contributed by atoms with Gasteiger partial charge in [0.15, 0.2) is 0 Å². The molecule has 21 heavy (non-hydrogen) atoms. The Kier molecular flexibility index (Phi) is 5.65. The van der Waals surface area contributed by atoms with Gasteiger partial charge in [-0.25, -0.2) is 0 Å². The Labute approximate surface area is 134 Å². The number of hydrogen-bond donors (Lipinski definition) is 1. The highest BCUT2D eigenvalue weighted by Crippen LogP contribution is 2.22. The van der Waals surface area contributed by atoms with E-state index >= 15 is 0 Å². The second-order valence-corrected chi connectivity index (χ2v) is 6.70. The smallest absolute Gasteiger partial charge is 0.225 e. The number of aliphatic hydroxyl groups is 1. The van der Waals surface area contributed by atoms with Gasteiger partial charge in [-0.1, -0.05) is 15.9 Å². The van der Waals surface area contributed by atoms with Crippen molar-refractivity contribution >= 4 is 21.8 Å². The van der Waals surface area contributed by atoms with Crippen LogP contribution < -0.4 is 4.74 Å². The van der Waals surface area contributed by atoms with E-state index in [0.717, 1.165) is 29.6 Å². The topological polar surface area (TPSA) is 49.8 Å². The molecule has 1 atom stereocenters. The number of benzene rings is 1. The molecule has 4 nitrogen and oxygen atoms in total. The highest BCUT2D eigenvalue weighted by Gasteiger charge is 2.26. The molecule has 1 amide bonds. The van der Waals surface area contributed by atoms with E-state index in [-0.39, 0.29) is 5.91 Å². The fourth-order valence-electron chi connectivity index (χ4n) is 2.46. The SMILES string of the molecule is CC1(O)CCCN(C(=O)CCOc2ccc(Br)cc2)CC1. The fourth-order valence-corrected chi connectivity index (χ4v) is 2.72. The third kappa shape index (κ3) is 5.32. The molecular formula is C16H22BrNO3. The van der Waals surface area contributed by atoms with Crippen molar-refractivity contribution in [1.29, 1.82) is 0 Å². The predicted octanol–water partition coefficient (Wildman–Crippen LogP) is 2.98. The van der Waals surface area contributed by atoms with Gasteiger partial charge < -0.3 is 14.7 Å². The van der Waals surface area contributed by atoms with Gasteiger partial charge in [0.2, 0.25) is 5.91 Å². The number of rotatable bonds is 4. The van der Waals surface area contributed by atoms with Crippen molar-refractivity contribution < 1.29 is 14.6 Å². The normalized spacial score (nSPS) is 22.7. The molecule has 1 aliphatic heterocycles. The molecule has 0 bridgehead atoms. The highest BCUT2D eigenvalue weighted by atomic mass is 79.9. The standard InChI is InChI=1S/C16H22BrNO3/c1-16(20)8-2-10-18(11-9-16)15(19)7-12-21-14-5-3-13(17)4-6-14/h3-6,20H,2,7-12H2,1H3. The summed E-state index contributed by atoms with van der Waals surface area (Å²) < 4.78 is 6.58. The minimum atomic E-state index is -0.636. The van der Waals surface area contributed by atoms with Crippen molar-refractivity contribution in [3.8, 4) is 5.75 Å². The van der Waals surface area contributed by atoms with E-state index in [2.05, 4.69) is 15.9 Å². The number of likely N-dealkylation sites (tertiary alicyclic amines) is 1. The van der Waals surface area contributed by atoms with Crippen LogP contribution in [0.25, 0.3) is 0 Å². The molecule has 1 unspecified atom stereocenters. The Morgan fingerprint density at radius 1 is 1.33 bits per heavy atom. The van der Waals surface area contributed by atoms with E-state index in [0.29, 0.717) is 26.0 Å². The van der Waals surface area contributed by atoms with Crippen LogP contribution in [0.15, 0.2) is 28.7 Å². The molecule has 1 aliphatic rings. The second kappa shape index (κ2) is 7.27. The molecule has 0 radical (unpaired) electrons. The van der Waals surface area contributed by atoms with Crippen LogP contribution in [0.1, 0.15) is 32.6 Å². The van der Waals surface area contributed by atoms with Crippen molar-refractivity contribution in [3.05, 3.63) is 28.7 Å². The number of carbonyl (C=O) groups excluding carboxylic acids is 1. The first-order valence-electron chi connectivity index (χ1n) is 7.35. The van der Waals surface area contributed by atoms with E-state index in [1.165, 1.54) is 0 Å². The zero-order chi connectivity index (χ0) is 15.3. The number of amides is 1. The predicted molar refractivity (Wildman–Crippen MR) is 85.3 cm³/mol. The number of carbonyl (C=O) groups is 1. The molecule has 5 heteroatoms. The van der Waals surface area contributed by atoms with Gasteiger partial charge in [0.1, 0.15) is 5.75 Å². The summed E-state index contributed by atoms with van der Waals surface area (Å²) in [4.78, 5) is 14.0. The molecule has 0 aromatic heterocycles. The molecule has 2 rings (SSSR count). The van der Waals surface area contributed by atoms with Gasteiger partial charge >= 0.3 is 0 Å². The van der Waals surface area contributed by atoms with Crippen LogP contribution in [0.4, 0.5) is 0 Å². The average Bonchev–Trinajstić information content (AvgIpc) is 2.62. The van der Waals surface area contributed by atoms with Crippen molar-refractivity contribution in [2.75, 3.05) is 19.7 Å². The summed E-state index contributed by atoms with van der Waals surface area (Å²) in [7, 11) is 0.